The molecule has 4 nitrogen and oxygen atoms in total. The maximum absolute atomic E-state index is 11.7. The van der Waals surface area contributed by atoms with E-state index in [1.165, 1.54) is 0 Å². The highest BCUT2D eigenvalue weighted by Crippen LogP contribution is 2.08. The molecule has 0 aliphatic rings. The van der Waals surface area contributed by atoms with Crippen LogP contribution in [0.4, 0.5) is 0 Å². The van der Waals surface area contributed by atoms with E-state index < -0.39 is 47.2 Å². The average molecular weight is 226 g/mol. The van der Waals surface area contributed by atoms with Crippen LogP contribution in [0.15, 0.2) is 24.2 Å². The Labute approximate surface area is 99.8 Å². The van der Waals surface area contributed by atoms with Gasteiger partial charge in [-0.2, -0.15) is 0 Å². The molecule has 0 aliphatic heterocycles. The van der Waals surface area contributed by atoms with E-state index in [1.807, 2.05) is 0 Å². The van der Waals surface area contributed by atoms with Crippen LogP contribution in [0.2, 0.25) is 0 Å². The zero-order valence-corrected chi connectivity index (χ0v) is 9.05. The molecule has 0 spiro atoms. The van der Waals surface area contributed by atoms with Crippen LogP contribution in [-0.2, 0) is 9.47 Å². The molecule has 0 bridgehead atoms. The fraction of sp³-hybridized carbons (Fsp3) is 0.333. The Bertz CT molecular complexity index is 512. The summed E-state index contributed by atoms with van der Waals surface area (Å²) < 4.78 is 40.1. The van der Waals surface area contributed by atoms with Crippen molar-refractivity contribution in [1.29, 1.82) is 0 Å². The number of rotatable bonds is 4. The molecule has 1 aromatic rings. The molecule has 86 valence electrons. The Morgan fingerprint density at radius 3 is 1.94 bits per heavy atom. The van der Waals surface area contributed by atoms with E-state index in [4.69, 9.17) is 15.0 Å². The molecular weight excluding hydrogens is 208 g/mol. The first kappa shape index (κ1) is 7.44. The number of esters is 2. The Morgan fingerprint density at radius 2 is 1.56 bits per heavy atom. The van der Waals surface area contributed by atoms with Gasteiger partial charge in [0.1, 0.15) is 0 Å². The second-order valence-corrected chi connectivity index (χ2v) is 2.69. The molecule has 0 saturated carbocycles. The average Bonchev–Trinajstić information content (AvgIpc) is 2.37. The van der Waals surface area contributed by atoms with Crippen LogP contribution in [0.1, 0.15) is 40.0 Å². The molecule has 0 saturated heterocycles. The highest BCUT2D eigenvalue weighted by molar-refractivity contribution is 5.95. The Morgan fingerprint density at radius 1 is 1.12 bits per heavy atom. The monoisotopic (exact) mass is 226 g/mol. The lowest BCUT2D eigenvalue weighted by atomic mass is 10.1. The molecule has 0 heterocycles. The summed E-state index contributed by atoms with van der Waals surface area (Å²) in [5, 5.41) is 0. The van der Waals surface area contributed by atoms with Crippen LogP contribution in [0.25, 0.3) is 0 Å². The maximum Gasteiger partial charge on any atom is 0.338 e. The number of ether oxygens (including phenoxy) is 2. The molecule has 0 unspecified atom stereocenters. The molecule has 1 aromatic carbocycles. The van der Waals surface area contributed by atoms with E-state index in [0.717, 1.165) is 0 Å². The largest absolute Gasteiger partial charge is 0.462 e. The number of carbonyl (C=O) groups excluding carboxylic acids is 2. The van der Waals surface area contributed by atoms with Crippen molar-refractivity contribution in [3.63, 3.8) is 0 Å². The standard InChI is InChI=1S/C12H14O4/c1-3-15-11(13)9-6-5-7-10(8-9)12(14)16-4-2/h5-8H,3-4H2,1-2H3/i5D,6D,7D,8D. The van der Waals surface area contributed by atoms with Crippen molar-refractivity contribution in [2.45, 2.75) is 13.8 Å². The van der Waals surface area contributed by atoms with Gasteiger partial charge >= 0.3 is 11.9 Å². The molecule has 1 rings (SSSR count). The van der Waals surface area contributed by atoms with Crippen molar-refractivity contribution in [1.82, 2.24) is 0 Å². The van der Waals surface area contributed by atoms with Gasteiger partial charge in [-0.3, -0.25) is 0 Å². The van der Waals surface area contributed by atoms with Crippen molar-refractivity contribution in [2.75, 3.05) is 13.2 Å². The highest BCUT2D eigenvalue weighted by Gasteiger charge is 2.11. The van der Waals surface area contributed by atoms with Gasteiger partial charge in [0, 0.05) is 0 Å². The molecule has 16 heavy (non-hydrogen) atoms. The summed E-state index contributed by atoms with van der Waals surface area (Å²) in [5.41, 5.74) is -1.01. The van der Waals surface area contributed by atoms with Gasteiger partial charge < -0.3 is 9.47 Å². The van der Waals surface area contributed by atoms with Crippen molar-refractivity contribution in [3.8, 4) is 0 Å². The minimum absolute atomic E-state index is 0.0302. The summed E-state index contributed by atoms with van der Waals surface area (Å²) >= 11 is 0. The van der Waals surface area contributed by atoms with Gasteiger partial charge in [-0.25, -0.2) is 9.59 Å². The minimum atomic E-state index is -0.971. The summed E-state index contributed by atoms with van der Waals surface area (Å²) in [5.74, 6) is -1.94. The number of carbonyl (C=O) groups is 2. The van der Waals surface area contributed by atoms with Crippen molar-refractivity contribution in [2.24, 2.45) is 0 Å². The first-order valence-corrected chi connectivity index (χ1v) is 4.81. The molecule has 0 aliphatic carbocycles. The summed E-state index contributed by atoms with van der Waals surface area (Å²) in [7, 11) is 0. The first-order chi connectivity index (χ1) is 9.36. The van der Waals surface area contributed by atoms with Crippen LogP contribution < -0.4 is 0 Å². The smallest absolute Gasteiger partial charge is 0.338 e. The van der Waals surface area contributed by atoms with Gasteiger partial charge in [-0.1, -0.05) is 6.04 Å². The van der Waals surface area contributed by atoms with Gasteiger partial charge in [0.15, 0.2) is 0 Å². The number of hydrogen-bond donors (Lipinski definition) is 0. The van der Waals surface area contributed by atoms with Gasteiger partial charge in [-0.05, 0) is 32.0 Å². The van der Waals surface area contributed by atoms with Crippen molar-refractivity contribution >= 4 is 11.9 Å². The summed E-state index contributed by atoms with van der Waals surface area (Å²) in [6, 6.07) is -2.45. The first-order valence-electron chi connectivity index (χ1n) is 6.81. The molecule has 0 radical (unpaired) electrons. The number of benzene rings is 1. The summed E-state index contributed by atoms with van der Waals surface area (Å²) in [4.78, 5) is 23.4. The SMILES string of the molecule is [2H]c1c([2H])c(C(=O)OCC)c([2H])c(C(=O)OCC)c1[2H]. The minimum Gasteiger partial charge on any atom is -0.462 e. The zero-order chi connectivity index (χ0) is 15.4. The Kier molecular flexibility index (Phi) is 2.74. The lowest BCUT2D eigenvalue weighted by Gasteiger charge is -2.04. The van der Waals surface area contributed by atoms with Gasteiger partial charge in [0.2, 0.25) is 0 Å². The summed E-state index contributed by atoms with van der Waals surface area (Å²) in [6.07, 6.45) is 0. The normalized spacial score (nSPS) is 13.1. The molecule has 4 heteroatoms. The fourth-order valence-corrected chi connectivity index (χ4v) is 0.954. The molecule has 0 N–H and O–H groups in total. The fourth-order valence-electron chi connectivity index (χ4n) is 0.954. The van der Waals surface area contributed by atoms with Crippen molar-refractivity contribution < 1.29 is 24.5 Å². The number of hydrogen-bond acceptors (Lipinski definition) is 4. The quantitative estimate of drug-likeness (QED) is 0.737. The van der Waals surface area contributed by atoms with Crippen molar-refractivity contribution in [3.05, 3.63) is 35.3 Å². The third-order valence-corrected chi connectivity index (χ3v) is 1.58. The summed E-state index contributed by atoms with van der Waals surface area (Å²) in [6.45, 7) is 3.17. The highest BCUT2D eigenvalue weighted by atomic mass is 16.5. The third kappa shape index (κ3) is 3.08. The lowest BCUT2D eigenvalue weighted by molar-refractivity contribution is 0.0525. The van der Waals surface area contributed by atoms with Crippen LogP contribution in [0, 0.1) is 0 Å². The molecule has 0 amide bonds. The topological polar surface area (TPSA) is 52.6 Å². The van der Waals surface area contributed by atoms with E-state index >= 15 is 0 Å². The van der Waals surface area contributed by atoms with E-state index in [1.54, 1.807) is 13.8 Å². The Balaban J connectivity index is 3.54. The van der Waals surface area contributed by atoms with E-state index in [2.05, 4.69) is 0 Å². The molecule has 0 fully saturated rings. The van der Waals surface area contributed by atoms with Gasteiger partial charge in [0.05, 0.1) is 29.8 Å². The molecule has 0 aromatic heterocycles. The third-order valence-electron chi connectivity index (χ3n) is 1.58. The van der Waals surface area contributed by atoms with Crippen LogP contribution in [0.3, 0.4) is 0 Å². The predicted molar refractivity (Wildman–Crippen MR) is 58.4 cm³/mol. The van der Waals surface area contributed by atoms with Crippen LogP contribution in [0.5, 0.6) is 0 Å². The second kappa shape index (κ2) is 5.90. The zero-order valence-electron chi connectivity index (χ0n) is 13.0. The van der Waals surface area contributed by atoms with Gasteiger partial charge in [-0.15, -0.1) is 0 Å². The Hall–Kier alpha value is -1.84. The second-order valence-electron chi connectivity index (χ2n) is 2.69. The predicted octanol–water partition coefficient (Wildman–Crippen LogP) is 2.04. The van der Waals surface area contributed by atoms with Crippen LogP contribution >= 0.6 is 0 Å². The van der Waals surface area contributed by atoms with Gasteiger partial charge in [0.25, 0.3) is 0 Å². The molecular formula is C12H14O4. The van der Waals surface area contributed by atoms with E-state index in [0.29, 0.717) is 0 Å². The van der Waals surface area contributed by atoms with E-state index in [-0.39, 0.29) is 13.2 Å². The lowest BCUT2D eigenvalue weighted by Crippen LogP contribution is -2.08. The van der Waals surface area contributed by atoms with Crippen LogP contribution in [-0.4, -0.2) is 25.2 Å². The maximum atomic E-state index is 11.7. The molecule has 0 atom stereocenters. The van der Waals surface area contributed by atoms with E-state index in [9.17, 15) is 9.59 Å².